The summed E-state index contributed by atoms with van der Waals surface area (Å²) in [6, 6.07) is 12.2. The molecule has 1 aliphatic heterocycles. The Kier molecular flexibility index (Phi) is 5.67. The van der Waals surface area contributed by atoms with Crippen molar-refractivity contribution in [2.24, 2.45) is 0 Å². The zero-order valence-electron chi connectivity index (χ0n) is 15.6. The topological polar surface area (TPSA) is 60.7 Å². The number of aliphatic hydroxyl groups is 1. The molecule has 2 atom stereocenters. The second-order valence-corrected chi connectivity index (χ2v) is 7.14. The lowest BCUT2D eigenvalue weighted by Gasteiger charge is -2.27. The summed E-state index contributed by atoms with van der Waals surface area (Å²) in [6.07, 6.45) is 0.459. The van der Waals surface area contributed by atoms with Crippen LogP contribution >= 0.6 is 0 Å². The van der Waals surface area contributed by atoms with Crippen LogP contribution in [-0.2, 0) is 16.1 Å². The predicted molar refractivity (Wildman–Crippen MR) is 100 cm³/mol. The average Bonchev–Trinajstić information content (AvgIpc) is 3.03. The first-order valence-corrected chi connectivity index (χ1v) is 9.20. The Morgan fingerprint density at radius 3 is 2.73 bits per heavy atom. The minimum absolute atomic E-state index is 0.101. The molecule has 0 spiro atoms. The molecule has 1 fully saturated rings. The van der Waals surface area contributed by atoms with Crippen LogP contribution in [-0.4, -0.2) is 35.0 Å². The van der Waals surface area contributed by atoms with Gasteiger partial charge in [-0.1, -0.05) is 26.0 Å². The van der Waals surface area contributed by atoms with E-state index in [1.807, 2.05) is 18.2 Å². The van der Waals surface area contributed by atoms with E-state index in [-0.39, 0.29) is 18.5 Å². The molecule has 2 aromatic rings. The molecule has 1 saturated heterocycles. The first-order valence-electron chi connectivity index (χ1n) is 9.20. The summed E-state index contributed by atoms with van der Waals surface area (Å²) in [6.45, 7) is 5.06. The number of ether oxygens (including phenoxy) is 2. The molecule has 1 N–H and O–H groups in total. The van der Waals surface area contributed by atoms with Gasteiger partial charge in [0.2, 0.25) is 0 Å². The Balaban J connectivity index is 1.87. The first kappa shape index (κ1) is 18.5. The fourth-order valence-corrected chi connectivity index (χ4v) is 3.64. The lowest BCUT2D eigenvalue weighted by Crippen LogP contribution is -2.33. The molecular formula is C21H27NO4. The van der Waals surface area contributed by atoms with Gasteiger partial charge in [0, 0.05) is 30.6 Å². The van der Waals surface area contributed by atoms with Crippen molar-refractivity contribution in [3.63, 3.8) is 0 Å². The van der Waals surface area contributed by atoms with Crippen LogP contribution in [0.2, 0.25) is 0 Å². The lowest BCUT2D eigenvalue weighted by atomic mass is 10.0. The fraction of sp³-hybridized carbons (Fsp3) is 0.476. The normalized spacial score (nSPS) is 20.3. The van der Waals surface area contributed by atoms with Crippen LogP contribution in [0.15, 0.2) is 36.4 Å². The van der Waals surface area contributed by atoms with Gasteiger partial charge in [-0.15, -0.1) is 0 Å². The third-order valence-electron chi connectivity index (χ3n) is 4.90. The molecule has 2 heterocycles. The maximum Gasteiger partial charge on any atom is 0.308 e. The number of hydrogen-bond donors (Lipinski definition) is 1. The highest BCUT2D eigenvalue weighted by Crippen LogP contribution is 2.33. The van der Waals surface area contributed by atoms with Crippen molar-refractivity contribution in [2.75, 3.05) is 7.11 Å². The summed E-state index contributed by atoms with van der Waals surface area (Å²) in [5.41, 5.74) is 3.37. The number of cyclic esters (lactones) is 1. The van der Waals surface area contributed by atoms with Gasteiger partial charge in [0.25, 0.3) is 0 Å². The quantitative estimate of drug-likeness (QED) is 0.800. The molecule has 0 radical (unpaired) electrons. The zero-order chi connectivity index (χ0) is 18.7. The van der Waals surface area contributed by atoms with Gasteiger partial charge in [-0.3, -0.25) is 4.79 Å². The van der Waals surface area contributed by atoms with Crippen LogP contribution in [0, 0.1) is 0 Å². The minimum atomic E-state index is -0.593. The largest absolute Gasteiger partial charge is 0.496 e. The molecule has 0 bridgehead atoms. The van der Waals surface area contributed by atoms with Gasteiger partial charge < -0.3 is 19.1 Å². The summed E-state index contributed by atoms with van der Waals surface area (Å²) < 4.78 is 13.2. The zero-order valence-corrected chi connectivity index (χ0v) is 15.6. The van der Waals surface area contributed by atoms with Crippen molar-refractivity contribution in [1.82, 2.24) is 4.57 Å². The van der Waals surface area contributed by atoms with Crippen molar-refractivity contribution in [3.8, 4) is 17.0 Å². The Bertz CT molecular complexity index is 765. The maximum absolute atomic E-state index is 11.6. The van der Waals surface area contributed by atoms with Gasteiger partial charge in [-0.05, 0) is 30.2 Å². The van der Waals surface area contributed by atoms with Crippen LogP contribution in [0.1, 0.15) is 44.7 Å². The second-order valence-electron chi connectivity index (χ2n) is 7.14. The van der Waals surface area contributed by atoms with E-state index in [9.17, 15) is 9.90 Å². The van der Waals surface area contributed by atoms with Crippen LogP contribution in [0.4, 0.5) is 0 Å². The number of benzene rings is 1. The lowest BCUT2D eigenvalue weighted by molar-refractivity contribution is -0.160. The molecule has 0 amide bonds. The standard InChI is InChI=1S/C21H27NO4/c1-14(2)18-8-9-19(17-6-4-5-7-20(17)25-3)22(18)11-10-16-12-15(23)13-21(24)26-16/h4-9,14-16,23H,10-13H2,1-3H3/t15-,16-/m0/s1. The van der Waals surface area contributed by atoms with Gasteiger partial charge in [0.05, 0.1) is 25.3 Å². The van der Waals surface area contributed by atoms with E-state index < -0.39 is 6.10 Å². The highest BCUT2D eigenvalue weighted by atomic mass is 16.5. The summed E-state index contributed by atoms with van der Waals surface area (Å²) in [4.78, 5) is 11.6. The minimum Gasteiger partial charge on any atom is -0.496 e. The molecule has 5 heteroatoms. The number of rotatable bonds is 6. The summed E-state index contributed by atoms with van der Waals surface area (Å²) in [7, 11) is 1.68. The fourth-order valence-electron chi connectivity index (χ4n) is 3.64. The van der Waals surface area contributed by atoms with Crippen molar-refractivity contribution in [1.29, 1.82) is 0 Å². The van der Waals surface area contributed by atoms with Gasteiger partial charge in [0.1, 0.15) is 11.9 Å². The molecule has 0 aliphatic carbocycles. The Morgan fingerprint density at radius 1 is 1.27 bits per heavy atom. The Morgan fingerprint density at radius 2 is 2.04 bits per heavy atom. The molecule has 3 rings (SSSR count). The number of nitrogens with zero attached hydrogens (tertiary/aromatic N) is 1. The number of methoxy groups -OCH3 is 1. The highest BCUT2D eigenvalue weighted by Gasteiger charge is 2.27. The third-order valence-corrected chi connectivity index (χ3v) is 4.90. The molecular weight excluding hydrogens is 330 g/mol. The molecule has 5 nitrogen and oxygen atoms in total. The molecule has 1 aromatic heterocycles. The predicted octanol–water partition coefficient (Wildman–Crippen LogP) is 3.74. The molecule has 0 saturated carbocycles. The van der Waals surface area contributed by atoms with E-state index in [1.54, 1.807) is 7.11 Å². The van der Waals surface area contributed by atoms with Gasteiger partial charge in [-0.25, -0.2) is 0 Å². The number of carbonyl (C=O) groups is 1. The van der Waals surface area contributed by atoms with Crippen LogP contribution < -0.4 is 4.74 Å². The highest BCUT2D eigenvalue weighted by molar-refractivity contribution is 5.71. The van der Waals surface area contributed by atoms with Gasteiger partial charge >= 0.3 is 5.97 Å². The smallest absolute Gasteiger partial charge is 0.308 e. The summed E-state index contributed by atoms with van der Waals surface area (Å²) in [5.74, 6) is 0.898. The second kappa shape index (κ2) is 7.96. The van der Waals surface area contributed by atoms with Crippen molar-refractivity contribution >= 4 is 5.97 Å². The Labute approximate surface area is 154 Å². The van der Waals surface area contributed by atoms with E-state index >= 15 is 0 Å². The van der Waals surface area contributed by atoms with Crippen molar-refractivity contribution < 1.29 is 19.4 Å². The van der Waals surface area contributed by atoms with E-state index in [0.717, 1.165) is 23.6 Å². The number of para-hydroxylation sites is 1. The molecule has 140 valence electrons. The molecule has 1 aliphatic rings. The van der Waals surface area contributed by atoms with E-state index in [0.29, 0.717) is 18.8 Å². The van der Waals surface area contributed by atoms with Crippen molar-refractivity contribution in [2.45, 2.75) is 57.8 Å². The molecule has 26 heavy (non-hydrogen) atoms. The summed E-state index contributed by atoms with van der Waals surface area (Å²) in [5, 5.41) is 9.83. The number of hydrogen-bond acceptors (Lipinski definition) is 4. The SMILES string of the molecule is COc1ccccc1-c1ccc(C(C)C)n1CC[C@H]1C[C@H](O)CC(=O)O1. The van der Waals surface area contributed by atoms with E-state index in [1.165, 1.54) is 5.69 Å². The number of carbonyl (C=O) groups excluding carboxylic acids is 1. The van der Waals surface area contributed by atoms with E-state index in [4.69, 9.17) is 9.47 Å². The van der Waals surface area contributed by atoms with E-state index in [2.05, 4.69) is 36.6 Å². The van der Waals surface area contributed by atoms with Gasteiger partial charge in [0.15, 0.2) is 0 Å². The van der Waals surface area contributed by atoms with Crippen LogP contribution in [0.5, 0.6) is 5.75 Å². The number of aliphatic hydroxyl groups excluding tert-OH is 1. The monoisotopic (exact) mass is 357 g/mol. The number of aromatic nitrogens is 1. The first-order chi connectivity index (χ1) is 12.5. The number of esters is 1. The van der Waals surface area contributed by atoms with Crippen molar-refractivity contribution in [3.05, 3.63) is 42.1 Å². The van der Waals surface area contributed by atoms with Gasteiger partial charge in [-0.2, -0.15) is 0 Å². The average molecular weight is 357 g/mol. The van der Waals surface area contributed by atoms with Crippen LogP contribution in [0.3, 0.4) is 0 Å². The molecule has 1 aromatic carbocycles. The molecule has 0 unspecified atom stereocenters. The maximum atomic E-state index is 11.6. The van der Waals surface area contributed by atoms with Crippen LogP contribution in [0.25, 0.3) is 11.3 Å². The third kappa shape index (κ3) is 3.93. The Hall–Kier alpha value is -2.27. The summed E-state index contributed by atoms with van der Waals surface area (Å²) >= 11 is 0.